The first-order chi connectivity index (χ1) is 11.0. The van der Waals surface area contributed by atoms with E-state index in [9.17, 15) is 13.2 Å². The summed E-state index contributed by atoms with van der Waals surface area (Å²) in [4.78, 5) is 4.02. The predicted octanol–water partition coefficient (Wildman–Crippen LogP) is 2.27. The molecule has 0 bridgehead atoms. The fraction of sp³-hybridized carbons (Fsp3) is 0.154. The van der Waals surface area contributed by atoms with Crippen LogP contribution in [0.15, 0.2) is 35.1 Å². The van der Waals surface area contributed by atoms with Gasteiger partial charge in [0.2, 0.25) is 17.5 Å². The van der Waals surface area contributed by atoms with Crippen LogP contribution in [0.4, 0.5) is 13.2 Å². The molecule has 10 heteroatoms. The highest BCUT2D eigenvalue weighted by molar-refractivity contribution is 5.55. The van der Waals surface area contributed by atoms with Gasteiger partial charge in [0.25, 0.3) is 0 Å². The number of hydrogen-bond donors (Lipinski definition) is 0. The van der Waals surface area contributed by atoms with Gasteiger partial charge in [-0.05, 0) is 12.1 Å². The predicted molar refractivity (Wildman–Crippen MR) is 68.6 cm³/mol. The van der Waals surface area contributed by atoms with Gasteiger partial charge in [-0.3, -0.25) is 4.57 Å². The number of nitrogens with zero attached hydrogens (tertiary/aromatic N) is 6. The Morgan fingerprint density at radius 3 is 2.87 bits per heavy atom. The minimum atomic E-state index is -4.45. The molecule has 0 radical (unpaired) electrons. The summed E-state index contributed by atoms with van der Waals surface area (Å²) in [6, 6.07) is 6.44. The minimum Gasteiger partial charge on any atom is -0.337 e. The lowest BCUT2D eigenvalue weighted by Crippen LogP contribution is -2.04. The molecule has 1 aromatic carbocycles. The monoisotopic (exact) mass is 320 g/mol. The van der Waals surface area contributed by atoms with Crippen LogP contribution in [0.2, 0.25) is 0 Å². The largest absolute Gasteiger partial charge is 0.416 e. The average molecular weight is 320 g/mol. The average Bonchev–Trinajstić information content (AvgIpc) is 3.16. The third kappa shape index (κ3) is 3.03. The zero-order chi connectivity index (χ0) is 16.4. The first-order valence-corrected chi connectivity index (χ1v) is 6.25. The molecule has 0 unspecified atom stereocenters. The standard InChI is InChI=1S/C13H7F3N6O/c14-13(15,16)9-3-1-2-8(4-9)12-19-11(23-21-12)6-22-7-18-20-10(22)5-17/h1-4,7H,6H2. The zero-order valence-corrected chi connectivity index (χ0v) is 11.3. The van der Waals surface area contributed by atoms with Gasteiger partial charge in [-0.15, -0.1) is 10.2 Å². The molecule has 2 heterocycles. The van der Waals surface area contributed by atoms with Gasteiger partial charge in [-0.2, -0.15) is 23.4 Å². The summed E-state index contributed by atoms with van der Waals surface area (Å²) in [7, 11) is 0. The molecule has 2 aromatic heterocycles. The Balaban J connectivity index is 1.87. The minimum absolute atomic E-state index is 0.0256. The summed E-state index contributed by atoms with van der Waals surface area (Å²) < 4.78 is 44.5. The van der Waals surface area contributed by atoms with Gasteiger partial charge in [-0.1, -0.05) is 17.3 Å². The Morgan fingerprint density at radius 2 is 2.13 bits per heavy atom. The Kier molecular flexibility index (Phi) is 3.53. The molecule has 3 aromatic rings. The number of halogens is 3. The lowest BCUT2D eigenvalue weighted by Gasteiger charge is -2.06. The van der Waals surface area contributed by atoms with Gasteiger partial charge < -0.3 is 4.52 Å². The molecule has 0 aliphatic carbocycles. The van der Waals surface area contributed by atoms with Crippen LogP contribution in [0.3, 0.4) is 0 Å². The molecular formula is C13H7F3N6O. The lowest BCUT2D eigenvalue weighted by molar-refractivity contribution is -0.137. The van der Waals surface area contributed by atoms with Gasteiger partial charge >= 0.3 is 6.18 Å². The van der Waals surface area contributed by atoms with Crippen LogP contribution >= 0.6 is 0 Å². The van der Waals surface area contributed by atoms with Crippen molar-refractivity contribution in [2.24, 2.45) is 0 Å². The molecule has 3 rings (SSSR count). The first kappa shape index (κ1) is 14.7. The van der Waals surface area contributed by atoms with E-state index in [1.54, 1.807) is 0 Å². The van der Waals surface area contributed by atoms with Crippen molar-refractivity contribution in [1.82, 2.24) is 24.9 Å². The van der Waals surface area contributed by atoms with Crippen molar-refractivity contribution in [3.8, 4) is 17.5 Å². The van der Waals surface area contributed by atoms with Crippen LogP contribution in [0.1, 0.15) is 17.3 Å². The summed E-state index contributed by atoms with van der Waals surface area (Å²) in [5.41, 5.74) is -0.619. The molecule has 0 saturated carbocycles. The third-order valence-corrected chi connectivity index (χ3v) is 2.94. The Bertz CT molecular complexity index is 876. The van der Waals surface area contributed by atoms with Crippen molar-refractivity contribution in [3.63, 3.8) is 0 Å². The zero-order valence-electron chi connectivity index (χ0n) is 11.3. The van der Waals surface area contributed by atoms with Crippen molar-refractivity contribution in [1.29, 1.82) is 5.26 Å². The highest BCUT2D eigenvalue weighted by Crippen LogP contribution is 2.31. The molecule has 0 fully saturated rings. The van der Waals surface area contributed by atoms with Crippen molar-refractivity contribution in [2.75, 3.05) is 0 Å². The van der Waals surface area contributed by atoms with E-state index in [1.807, 2.05) is 6.07 Å². The maximum atomic E-state index is 12.7. The van der Waals surface area contributed by atoms with Gasteiger partial charge in [0.05, 0.1) is 5.56 Å². The van der Waals surface area contributed by atoms with E-state index in [1.165, 1.54) is 23.0 Å². The number of hydrogen-bond acceptors (Lipinski definition) is 6. The molecule has 0 N–H and O–H groups in total. The van der Waals surface area contributed by atoms with E-state index < -0.39 is 11.7 Å². The van der Waals surface area contributed by atoms with Crippen molar-refractivity contribution >= 4 is 0 Å². The van der Waals surface area contributed by atoms with Crippen LogP contribution in [0, 0.1) is 11.3 Å². The van der Waals surface area contributed by atoms with E-state index in [0.29, 0.717) is 0 Å². The SMILES string of the molecule is N#Cc1nncn1Cc1nc(-c2cccc(C(F)(F)F)c2)no1. The van der Waals surface area contributed by atoms with Crippen molar-refractivity contribution in [2.45, 2.75) is 12.7 Å². The Morgan fingerprint density at radius 1 is 1.30 bits per heavy atom. The number of rotatable bonds is 3. The summed E-state index contributed by atoms with van der Waals surface area (Å²) in [6.07, 6.45) is -3.14. The second-order valence-electron chi connectivity index (χ2n) is 4.48. The molecule has 0 atom stereocenters. The summed E-state index contributed by atoms with van der Waals surface area (Å²) in [6.45, 7) is 0.0435. The van der Waals surface area contributed by atoms with Crippen molar-refractivity contribution < 1.29 is 17.7 Å². The van der Waals surface area contributed by atoms with Crippen LogP contribution in [0.25, 0.3) is 11.4 Å². The number of aromatic nitrogens is 5. The molecule has 0 spiro atoms. The second kappa shape index (κ2) is 5.53. The molecule has 0 saturated heterocycles. The maximum Gasteiger partial charge on any atom is 0.416 e. The van der Waals surface area contributed by atoms with E-state index in [2.05, 4.69) is 20.3 Å². The second-order valence-corrected chi connectivity index (χ2v) is 4.48. The molecule has 7 nitrogen and oxygen atoms in total. The normalized spacial score (nSPS) is 11.4. The first-order valence-electron chi connectivity index (χ1n) is 6.25. The van der Waals surface area contributed by atoms with Crippen LogP contribution < -0.4 is 0 Å². The summed E-state index contributed by atoms with van der Waals surface area (Å²) in [5, 5.41) is 19.6. The van der Waals surface area contributed by atoms with E-state index in [0.717, 1.165) is 12.1 Å². The topological polar surface area (TPSA) is 93.4 Å². The highest BCUT2D eigenvalue weighted by atomic mass is 19.4. The molecule has 0 amide bonds. The van der Waals surface area contributed by atoms with Gasteiger partial charge in [-0.25, -0.2) is 0 Å². The van der Waals surface area contributed by atoms with Crippen molar-refractivity contribution in [3.05, 3.63) is 47.9 Å². The molecule has 0 aliphatic heterocycles. The Labute approximate surface area is 127 Å². The van der Waals surface area contributed by atoms with Gasteiger partial charge in [0.15, 0.2) is 0 Å². The quantitative estimate of drug-likeness (QED) is 0.735. The molecule has 116 valence electrons. The lowest BCUT2D eigenvalue weighted by atomic mass is 10.1. The smallest absolute Gasteiger partial charge is 0.337 e. The summed E-state index contributed by atoms with van der Waals surface area (Å²) >= 11 is 0. The van der Waals surface area contributed by atoms with Crippen LogP contribution in [-0.4, -0.2) is 24.9 Å². The van der Waals surface area contributed by atoms with E-state index in [4.69, 9.17) is 9.78 Å². The van der Waals surface area contributed by atoms with E-state index >= 15 is 0 Å². The summed E-state index contributed by atoms with van der Waals surface area (Å²) in [5.74, 6) is 0.204. The van der Waals surface area contributed by atoms with Gasteiger partial charge in [0, 0.05) is 5.56 Å². The van der Waals surface area contributed by atoms with Gasteiger partial charge in [0.1, 0.15) is 18.9 Å². The number of nitriles is 1. The fourth-order valence-electron chi connectivity index (χ4n) is 1.87. The van der Waals surface area contributed by atoms with Crippen LogP contribution in [-0.2, 0) is 12.7 Å². The number of alkyl halides is 3. The maximum absolute atomic E-state index is 12.7. The molecule has 0 aliphatic rings. The van der Waals surface area contributed by atoms with E-state index in [-0.39, 0.29) is 29.6 Å². The van der Waals surface area contributed by atoms with Crippen LogP contribution in [0.5, 0.6) is 0 Å². The highest BCUT2D eigenvalue weighted by Gasteiger charge is 2.30. The number of benzene rings is 1. The molecular weight excluding hydrogens is 313 g/mol. The molecule has 23 heavy (non-hydrogen) atoms. The Hall–Kier alpha value is -3.22. The fourth-order valence-corrected chi connectivity index (χ4v) is 1.87. The third-order valence-electron chi connectivity index (χ3n) is 2.94.